The maximum absolute atomic E-state index is 3.68. The molecule has 2 nitrogen and oxygen atoms in total. The monoisotopic (exact) mass is 461 g/mol. The highest BCUT2D eigenvalue weighted by molar-refractivity contribution is 4.90. The molecule has 0 aliphatic rings. The maximum Gasteiger partial charge on any atom is 0.257 e. The van der Waals surface area contributed by atoms with Crippen molar-refractivity contribution in [2.75, 3.05) is 0 Å². The summed E-state index contributed by atoms with van der Waals surface area (Å²) in [7, 11) is 0. The van der Waals surface area contributed by atoms with E-state index in [2.05, 4.69) is 49.6 Å². The fourth-order valence-corrected chi connectivity index (χ4v) is 5.37. The van der Waals surface area contributed by atoms with Gasteiger partial charge in [-0.25, -0.2) is 9.55 Å². The molecule has 0 bridgehead atoms. The van der Waals surface area contributed by atoms with Crippen LogP contribution in [0.25, 0.3) is 0 Å². The first-order valence-electron chi connectivity index (χ1n) is 15.3. The lowest BCUT2D eigenvalue weighted by Crippen LogP contribution is -2.41. The molecule has 2 heteroatoms. The molecule has 0 amide bonds. The van der Waals surface area contributed by atoms with Crippen LogP contribution in [0.3, 0.4) is 0 Å². The SMILES string of the molecule is CCCCCCCCCCCC(CCCCC)c1[nH]cc[n+]1C(C)CCCCCCCCC. The molecule has 0 aliphatic carbocycles. The Morgan fingerprint density at radius 3 is 1.48 bits per heavy atom. The number of aromatic nitrogens is 2. The van der Waals surface area contributed by atoms with Gasteiger partial charge in [-0.3, -0.25) is 0 Å². The second-order valence-electron chi connectivity index (χ2n) is 10.8. The van der Waals surface area contributed by atoms with E-state index in [4.69, 9.17) is 0 Å². The van der Waals surface area contributed by atoms with Crippen molar-refractivity contribution in [3.63, 3.8) is 0 Å². The van der Waals surface area contributed by atoms with Crippen molar-refractivity contribution in [2.24, 2.45) is 0 Å². The molecule has 0 saturated carbocycles. The van der Waals surface area contributed by atoms with Crippen LogP contribution in [0.5, 0.6) is 0 Å². The largest absolute Gasteiger partial charge is 0.257 e. The second-order valence-corrected chi connectivity index (χ2v) is 10.8. The lowest BCUT2D eigenvalue weighted by Gasteiger charge is -2.17. The Kier molecular flexibility index (Phi) is 19.9. The summed E-state index contributed by atoms with van der Waals surface area (Å²) >= 11 is 0. The van der Waals surface area contributed by atoms with Crippen molar-refractivity contribution in [1.82, 2.24) is 4.98 Å². The van der Waals surface area contributed by atoms with Crippen molar-refractivity contribution < 1.29 is 4.57 Å². The molecule has 194 valence electrons. The van der Waals surface area contributed by atoms with Crippen molar-refractivity contribution in [1.29, 1.82) is 0 Å². The van der Waals surface area contributed by atoms with Gasteiger partial charge in [0.25, 0.3) is 5.82 Å². The van der Waals surface area contributed by atoms with Gasteiger partial charge in [-0.15, -0.1) is 0 Å². The van der Waals surface area contributed by atoms with E-state index in [1.165, 1.54) is 147 Å². The van der Waals surface area contributed by atoms with Gasteiger partial charge in [-0.1, -0.05) is 136 Å². The molecule has 1 aromatic heterocycles. The quantitative estimate of drug-likeness (QED) is 0.117. The number of aromatic amines is 1. The summed E-state index contributed by atoms with van der Waals surface area (Å²) in [6.45, 7) is 9.38. The molecule has 1 N–H and O–H groups in total. The highest BCUT2D eigenvalue weighted by Gasteiger charge is 2.25. The smallest absolute Gasteiger partial charge is 0.247 e. The zero-order valence-electron chi connectivity index (χ0n) is 23.3. The average Bonchev–Trinajstić information content (AvgIpc) is 3.31. The van der Waals surface area contributed by atoms with Crippen molar-refractivity contribution in [3.8, 4) is 0 Å². The number of hydrogen-bond acceptors (Lipinski definition) is 0. The molecule has 2 unspecified atom stereocenters. The summed E-state index contributed by atoms with van der Waals surface area (Å²) in [6, 6.07) is 0.624. The standard InChI is InChI=1S/C31H60N2/c1-5-8-11-13-15-16-18-20-23-26-30(25-21-10-7-3)31-32-27-28-33(31)29(4)24-22-19-17-14-12-9-6-2/h27-30H,5-26H2,1-4H3/p+1. The molecule has 2 atom stereocenters. The predicted molar refractivity (Wildman–Crippen MR) is 147 cm³/mol. The summed E-state index contributed by atoms with van der Waals surface area (Å²) < 4.78 is 2.60. The molecule has 1 rings (SSSR count). The number of H-pyrrole nitrogens is 1. The lowest BCUT2D eigenvalue weighted by atomic mass is 9.93. The summed E-state index contributed by atoms with van der Waals surface area (Å²) in [5.41, 5.74) is 0. The van der Waals surface area contributed by atoms with E-state index in [1.807, 2.05) is 0 Å². The molecule has 1 heterocycles. The van der Waals surface area contributed by atoms with Gasteiger partial charge in [0.05, 0.1) is 12.0 Å². The van der Waals surface area contributed by atoms with Crippen LogP contribution in [0.4, 0.5) is 0 Å². The van der Waals surface area contributed by atoms with Crippen LogP contribution in [-0.4, -0.2) is 4.98 Å². The van der Waals surface area contributed by atoms with E-state index < -0.39 is 0 Å². The van der Waals surface area contributed by atoms with Crippen LogP contribution in [0.15, 0.2) is 12.4 Å². The molecule has 33 heavy (non-hydrogen) atoms. The van der Waals surface area contributed by atoms with E-state index in [0.717, 1.165) is 0 Å². The van der Waals surface area contributed by atoms with Crippen LogP contribution in [-0.2, 0) is 0 Å². The van der Waals surface area contributed by atoms with Crippen molar-refractivity contribution in [2.45, 2.75) is 181 Å². The summed E-state index contributed by atoms with van der Waals surface area (Å²) in [6.07, 6.45) is 35.3. The van der Waals surface area contributed by atoms with Gasteiger partial charge in [-0.05, 0) is 32.6 Å². The molecule has 0 aromatic carbocycles. The molecule has 0 spiro atoms. The number of imidazole rings is 1. The predicted octanol–water partition coefficient (Wildman–Crippen LogP) is 10.6. The Morgan fingerprint density at radius 1 is 0.576 bits per heavy atom. The number of hydrogen-bond donors (Lipinski definition) is 1. The minimum Gasteiger partial charge on any atom is -0.247 e. The number of nitrogens with one attached hydrogen (secondary N) is 1. The highest BCUT2D eigenvalue weighted by Crippen LogP contribution is 2.27. The first-order valence-corrected chi connectivity index (χ1v) is 15.3. The molecule has 0 aliphatic heterocycles. The van der Waals surface area contributed by atoms with Gasteiger partial charge >= 0.3 is 0 Å². The Morgan fingerprint density at radius 2 is 0.970 bits per heavy atom. The third-order valence-corrected chi connectivity index (χ3v) is 7.64. The maximum atomic E-state index is 3.68. The summed E-state index contributed by atoms with van der Waals surface area (Å²) in [5.74, 6) is 2.23. The van der Waals surface area contributed by atoms with Crippen LogP contribution < -0.4 is 4.57 Å². The Labute approximate surface area is 208 Å². The van der Waals surface area contributed by atoms with Crippen LogP contribution in [0, 0.1) is 0 Å². The minimum absolute atomic E-state index is 0.624. The average molecular weight is 462 g/mol. The number of rotatable bonds is 24. The van der Waals surface area contributed by atoms with E-state index >= 15 is 0 Å². The Hall–Kier alpha value is -0.790. The van der Waals surface area contributed by atoms with E-state index in [1.54, 1.807) is 0 Å². The van der Waals surface area contributed by atoms with Crippen LogP contribution in [0.1, 0.15) is 187 Å². The van der Waals surface area contributed by atoms with Crippen molar-refractivity contribution >= 4 is 0 Å². The number of nitrogens with zero attached hydrogens (tertiary/aromatic N) is 1. The van der Waals surface area contributed by atoms with Crippen LogP contribution >= 0.6 is 0 Å². The van der Waals surface area contributed by atoms with E-state index in [9.17, 15) is 0 Å². The normalized spacial score (nSPS) is 13.5. The van der Waals surface area contributed by atoms with Gasteiger partial charge in [0, 0.05) is 0 Å². The second kappa shape index (κ2) is 21.7. The molecule has 0 saturated heterocycles. The third kappa shape index (κ3) is 14.9. The molecular weight excluding hydrogens is 400 g/mol. The van der Waals surface area contributed by atoms with Gasteiger partial charge in [-0.2, -0.15) is 0 Å². The Balaban J connectivity index is 2.42. The topological polar surface area (TPSA) is 19.7 Å². The molecule has 0 fully saturated rings. The fraction of sp³-hybridized carbons (Fsp3) is 0.903. The zero-order chi connectivity index (χ0) is 24.0. The first kappa shape index (κ1) is 30.2. The van der Waals surface area contributed by atoms with Gasteiger partial charge in [0.1, 0.15) is 12.4 Å². The molecular formula is C31H61N2+. The van der Waals surface area contributed by atoms with Crippen LogP contribution in [0.2, 0.25) is 0 Å². The van der Waals surface area contributed by atoms with Crippen molar-refractivity contribution in [3.05, 3.63) is 18.2 Å². The number of unbranched alkanes of at least 4 members (excludes halogenated alkanes) is 16. The fourth-order valence-electron chi connectivity index (χ4n) is 5.37. The highest BCUT2D eigenvalue weighted by atomic mass is 15.1. The molecule has 0 radical (unpaired) electrons. The van der Waals surface area contributed by atoms with E-state index in [0.29, 0.717) is 12.0 Å². The van der Waals surface area contributed by atoms with Gasteiger partial charge in [0.15, 0.2) is 0 Å². The lowest BCUT2D eigenvalue weighted by molar-refractivity contribution is -0.727. The zero-order valence-corrected chi connectivity index (χ0v) is 23.3. The van der Waals surface area contributed by atoms with Gasteiger partial charge < -0.3 is 0 Å². The first-order chi connectivity index (χ1) is 16.2. The summed E-state index contributed by atoms with van der Waals surface area (Å²) in [4.78, 5) is 3.68. The minimum atomic E-state index is 0.624. The molecule has 1 aromatic rings. The van der Waals surface area contributed by atoms with Gasteiger partial charge in [0.2, 0.25) is 0 Å². The third-order valence-electron chi connectivity index (χ3n) is 7.64. The Bertz CT molecular complexity index is 521. The summed E-state index contributed by atoms with van der Waals surface area (Å²) in [5, 5.41) is 0. The van der Waals surface area contributed by atoms with E-state index in [-0.39, 0.29) is 0 Å².